The van der Waals surface area contributed by atoms with Gasteiger partial charge in [-0.3, -0.25) is 19.6 Å². The highest BCUT2D eigenvalue weighted by Crippen LogP contribution is 2.34. The molecule has 26 heavy (non-hydrogen) atoms. The first-order valence-electron chi connectivity index (χ1n) is 7.01. The highest BCUT2D eigenvalue weighted by atomic mass is 35.5. The summed E-state index contributed by atoms with van der Waals surface area (Å²) < 4.78 is 27.6. The van der Waals surface area contributed by atoms with Crippen LogP contribution in [-0.2, 0) is 10.0 Å². The number of benzene rings is 2. The molecular weight excluding hydrogens is 405 g/mol. The molecule has 8 nitrogen and oxygen atoms in total. The zero-order valence-electron chi connectivity index (χ0n) is 13.6. The number of nitro benzene ring substituents is 1. The SMILES string of the molecule is CN(C)C(=O)c1ccccc1NS(=O)(=O)c1cc([N+](=O)[O-])c(Cl)cc1Cl. The van der Waals surface area contributed by atoms with Crippen molar-refractivity contribution >= 4 is 50.5 Å². The Morgan fingerprint density at radius 3 is 2.35 bits per heavy atom. The molecule has 0 unspecified atom stereocenters. The summed E-state index contributed by atoms with van der Waals surface area (Å²) in [5.74, 6) is -0.420. The van der Waals surface area contributed by atoms with Gasteiger partial charge in [0.25, 0.3) is 21.6 Å². The number of carbonyl (C=O) groups excluding carboxylic acids is 1. The summed E-state index contributed by atoms with van der Waals surface area (Å²) in [5.41, 5.74) is -0.477. The minimum absolute atomic E-state index is 0.0138. The van der Waals surface area contributed by atoms with Crippen LogP contribution >= 0.6 is 23.2 Å². The largest absolute Gasteiger partial charge is 0.345 e. The minimum atomic E-state index is -4.31. The number of halogens is 2. The standard InChI is InChI=1S/C15H13Cl2N3O5S/c1-19(2)15(21)9-5-3-4-6-12(9)18-26(24,25)14-8-13(20(22)23)10(16)7-11(14)17/h3-8,18H,1-2H3. The third-order valence-corrected chi connectivity index (χ3v) is 5.43. The monoisotopic (exact) mass is 417 g/mol. The minimum Gasteiger partial charge on any atom is -0.345 e. The zero-order chi connectivity index (χ0) is 19.6. The molecule has 0 bridgehead atoms. The van der Waals surface area contributed by atoms with Crippen molar-refractivity contribution in [2.45, 2.75) is 4.90 Å². The van der Waals surface area contributed by atoms with Gasteiger partial charge in [0.2, 0.25) is 0 Å². The van der Waals surface area contributed by atoms with Crippen LogP contribution in [0.15, 0.2) is 41.3 Å². The maximum atomic E-state index is 12.7. The Morgan fingerprint density at radius 1 is 1.15 bits per heavy atom. The second kappa shape index (κ2) is 7.48. The van der Waals surface area contributed by atoms with Gasteiger partial charge in [0.05, 0.1) is 21.2 Å². The Hall–Kier alpha value is -2.36. The van der Waals surface area contributed by atoms with Crippen LogP contribution < -0.4 is 4.72 Å². The number of anilines is 1. The Morgan fingerprint density at radius 2 is 1.77 bits per heavy atom. The number of carbonyl (C=O) groups is 1. The number of para-hydroxylation sites is 1. The predicted octanol–water partition coefficient (Wildman–Crippen LogP) is 3.40. The number of hydrogen-bond donors (Lipinski definition) is 1. The van der Waals surface area contributed by atoms with E-state index < -0.39 is 31.4 Å². The molecule has 0 atom stereocenters. The van der Waals surface area contributed by atoms with Crippen molar-refractivity contribution in [3.8, 4) is 0 Å². The van der Waals surface area contributed by atoms with Crippen molar-refractivity contribution < 1.29 is 18.1 Å². The lowest BCUT2D eigenvalue weighted by molar-refractivity contribution is -0.384. The first-order valence-corrected chi connectivity index (χ1v) is 9.25. The topological polar surface area (TPSA) is 110 Å². The fourth-order valence-electron chi connectivity index (χ4n) is 2.06. The van der Waals surface area contributed by atoms with Gasteiger partial charge < -0.3 is 4.90 Å². The first-order chi connectivity index (χ1) is 12.0. The molecule has 0 saturated carbocycles. The van der Waals surface area contributed by atoms with Crippen LogP contribution in [0, 0.1) is 10.1 Å². The lowest BCUT2D eigenvalue weighted by Crippen LogP contribution is -2.24. The van der Waals surface area contributed by atoms with Crippen molar-refractivity contribution in [1.82, 2.24) is 4.90 Å². The molecule has 2 aromatic carbocycles. The van der Waals surface area contributed by atoms with Crippen LogP contribution in [0.5, 0.6) is 0 Å². The highest BCUT2D eigenvalue weighted by Gasteiger charge is 2.26. The number of nitro groups is 1. The van der Waals surface area contributed by atoms with Crippen molar-refractivity contribution in [2.75, 3.05) is 18.8 Å². The number of hydrogen-bond acceptors (Lipinski definition) is 5. The normalized spacial score (nSPS) is 11.1. The molecule has 138 valence electrons. The molecule has 2 aromatic rings. The summed E-state index contributed by atoms with van der Waals surface area (Å²) in [4.78, 5) is 23.1. The summed E-state index contributed by atoms with van der Waals surface area (Å²) in [6.45, 7) is 0. The molecule has 0 aromatic heterocycles. The summed E-state index contributed by atoms with van der Waals surface area (Å²) in [5, 5.41) is 10.4. The maximum Gasteiger partial charge on any atom is 0.289 e. The average molecular weight is 418 g/mol. The molecule has 0 aliphatic heterocycles. The zero-order valence-corrected chi connectivity index (χ0v) is 15.9. The van der Waals surface area contributed by atoms with Gasteiger partial charge in [0, 0.05) is 20.2 Å². The number of nitrogens with one attached hydrogen (secondary N) is 1. The molecule has 0 heterocycles. The van der Waals surface area contributed by atoms with Crippen LogP contribution in [0.2, 0.25) is 10.0 Å². The van der Waals surface area contributed by atoms with E-state index in [0.29, 0.717) is 0 Å². The molecular formula is C15H13Cl2N3O5S. The van der Waals surface area contributed by atoms with Crippen LogP contribution in [0.4, 0.5) is 11.4 Å². The van der Waals surface area contributed by atoms with E-state index >= 15 is 0 Å². The van der Waals surface area contributed by atoms with E-state index in [2.05, 4.69) is 4.72 Å². The lowest BCUT2D eigenvalue weighted by atomic mass is 10.1. The molecule has 0 spiro atoms. The summed E-state index contributed by atoms with van der Waals surface area (Å²) in [7, 11) is -1.27. The molecule has 0 aliphatic rings. The fourth-order valence-corrected chi connectivity index (χ4v) is 3.98. The molecule has 0 saturated heterocycles. The summed E-state index contributed by atoms with van der Waals surface area (Å²) in [6, 6.07) is 7.71. The van der Waals surface area contributed by atoms with Crippen molar-refractivity contribution in [3.05, 3.63) is 62.1 Å². The van der Waals surface area contributed by atoms with E-state index in [1.54, 1.807) is 6.07 Å². The van der Waals surface area contributed by atoms with Crippen molar-refractivity contribution in [2.24, 2.45) is 0 Å². The van der Waals surface area contributed by atoms with Gasteiger partial charge in [-0.2, -0.15) is 0 Å². The van der Waals surface area contributed by atoms with Crippen molar-refractivity contribution in [3.63, 3.8) is 0 Å². The third-order valence-electron chi connectivity index (χ3n) is 3.30. The molecule has 1 N–H and O–H groups in total. The van der Waals surface area contributed by atoms with Gasteiger partial charge in [-0.05, 0) is 18.2 Å². The van der Waals surface area contributed by atoms with E-state index in [-0.39, 0.29) is 21.3 Å². The van der Waals surface area contributed by atoms with Gasteiger partial charge in [-0.15, -0.1) is 0 Å². The summed E-state index contributed by atoms with van der Waals surface area (Å²) in [6.07, 6.45) is 0. The van der Waals surface area contributed by atoms with Gasteiger partial charge >= 0.3 is 0 Å². The highest BCUT2D eigenvalue weighted by molar-refractivity contribution is 7.92. The van der Waals surface area contributed by atoms with E-state index in [0.717, 1.165) is 12.1 Å². The van der Waals surface area contributed by atoms with Crippen LogP contribution in [-0.4, -0.2) is 38.2 Å². The van der Waals surface area contributed by atoms with E-state index in [1.807, 2.05) is 0 Å². The van der Waals surface area contributed by atoms with E-state index in [9.17, 15) is 23.3 Å². The molecule has 2 rings (SSSR count). The predicted molar refractivity (Wildman–Crippen MR) is 98.4 cm³/mol. The molecule has 11 heteroatoms. The fraction of sp³-hybridized carbons (Fsp3) is 0.133. The van der Waals surface area contributed by atoms with E-state index in [4.69, 9.17) is 23.2 Å². The van der Waals surface area contributed by atoms with E-state index in [1.165, 1.54) is 37.2 Å². The number of rotatable bonds is 5. The third kappa shape index (κ3) is 4.06. The van der Waals surface area contributed by atoms with Gasteiger partial charge in [-0.1, -0.05) is 35.3 Å². The second-order valence-electron chi connectivity index (χ2n) is 5.34. The number of sulfonamides is 1. The Bertz CT molecular complexity index is 993. The molecule has 0 aliphatic carbocycles. The first kappa shape index (κ1) is 20.0. The number of nitrogens with zero attached hydrogens (tertiary/aromatic N) is 2. The van der Waals surface area contributed by atoms with Crippen LogP contribution in [0.25, 0.3) is 0 Å². The van der Waals surface area contributed by atoms with Gasteiger partial charge in [0.15, 0.2) is 0 Å². The second-order valence-corrected chi connectivity index (χ2v) is 7.81. The van der Waals surface area contributed by atoms with Gasteiger partial charge in [0.1, 0.15) is 9.92 Å². The number of amides is 1. The van der Waals surface area contributed by atoms with Gasteiger partial charge in [-0.25, -0.2) is 8.42 Å². The maximum absolute atomic E-state index is 12.7. The smallest absolute Gasteiger partial charge is 0.289 e. The molecule has 0 fully saturated rings. The quantitative estimate of drug-likeness (QED) is 0.591. The Labute approximate surface area is 159 Å². The van der Waals surface area contributed by atoms with Crippen molar-refractivity contribution in [1.29, 1.82) is 0 Å². The molecule has 0 radical (unpaired) electrons. The Balaban J connectivity index is 2.53. The Kier molecular flexibility index (Phi) is 5.74. The lowest BCUT2D eigenvalue weighted by Gasteiger charge is -2.16. The average Bonchev–Trinajstić information content (AvgIpc) is 2.53. The van der Waals surface area contributed by atoms with Crippen LogP contribution in [0.1, 0.15) is 10.4 Å². The molecule has 1 amide bonds. The summed E-state index contributed by atoms with van der Waals surface area (Å²) >= 11 is 11.6. The van der Waals surface area contributed by atoms with Crippen LogP contribution in [0.3, 0.4) is 0 Å².